The van der Waals surface area contributed by atoms with E-state index in [2.05, 4.69) is 10.3 Å². The van der Waals surface area contributed by atoms with Crippen molar-refractivity contribution in [3.8, 4) is 0 Å². The molecule has 0 radical (unpaired) electrons. The predicted octanol–water partition coefficient (Wildman–Crippen LogP) is 1.47. The third-order valence-corrected chi connectivity index (χ3v) is 2.28. The van der Waals surface area contributed by atoms with Gasteiger partial charge in [0.1, 0.15) is 0 Å². The van der Waals surface area contributed by atoms with E-state index in [1.165, 1.54) is 0 Å². The maximum atomic E-state index is 10.2. The molecule has 88 valence electrons. The average molecular weight is 222 g/mol. The molecule has 2 N–H and O–H groups in total. The van der Waals surface area contributed by atoms with Gasteiger partial charge in [0.05, 0.1) is 0 Å². The molecule has 1 heterocycles. The maximum Gasteiger partial charge on any atom is 0.303 e. The van der Waals surface area contributed by atoms with E-state index < -0.39 is 5.97 Å². The third-order valence-electron chi connectivity index (χ3n) is 2.28. The van der Waals surface area contributed by atoms with Crippen molar-refractivity contribution in [3.63, 3.8) is 0 Å². The van der Waals surface area contributed by atoms with Crippen LogP contribution in [-0.2, 0) is 11.2 Å². The smallest absolute Gasteiger partial charge is 0.303 e. The minimum atomic E-state index is -0.714. The number of nitrogens with one attached hydrogen (secondary N) is 1. The van der Waals surface area contributed by atoms with Crippen LogP contribution in [0.5, 0.6) is 0 Å². The zero-order chi connectivity index (χ0) is 11.6. The summed E-state index contributed by atoms with van der Waals surface area (Å²) in [6.45, 7) is 1.77. The number of pyridine rings is 1. The molecule has 0 saturated heterocycles. The number of nitrogens with zero attached hydrogens (tertiary/aromatic N) is 1. The summed E-state index contributed by atoms with van der Waals surface area (Å²) in [4.78, 5) is 14.5. The lowest BCUT2D eigenvalue weighted by molar-refractivity contribution is -0.137. The van der Waals surface area contributed by atoms with Gasteiger partial charge < -0.3 is 10.4 Å². The van der Waals surface area contributed by atoms with Crippen LogP contribution in [0.1, 0.15) is 25.0 Å². The molecule has 0 bridgehead atoms. The topological polar surface area (TPSA) is 62.2 Å². The van der Waals surface area contributed by atoms with Crippen molar-refractivity contribution in [1.29, 1.82) is 0 Å². The highest BCUT2D eigenvalue weighted by Gasteiger charge is 1.96. The molecular weight excluding hydrogens is 204 g/mol. The Labute approximate surface area is 95.7 Å². The van der Waals surface area contributed by atoms with Crippen molar-refractivity contribution in [2.24, 2.45) is 0 Å². The number of unbranched alkanes of at least 4 members (excludes halogenated alkanes) is 1. The molecule has 16 heavy (non-hydrogen) atoms. The molecule has 0 fully saturated rings. The van der Waals surface area contributed by atoms with Crippen molar-refractivity contribution < 1.29 is 9.90 Å². The summed E-state index contributed by atoms with van der Waals surface area (Å²) >= 11 is 0. The van der Waals surface area contributed by atoms with Crippen LogP contribution < -0.4 is 5.32 Å². The number of carboxylic acid groups (broad SMARTS) is 1. The lowest BCUT2D eigenvalue weighted by Crippen LogP contribution is -2.19. The van der Waals surface area contributed by atoms with Crippen LogP contribution in [0.3, 0.4) is 0 Å². The van der Waals surface area contributed by atoms with Gasteiger partial charge in [-0.3, -0.25) is 9.78 Å². The molecule has 0 unspecified atom stereocenters. The summed E-state index contributed by atoms with van der Waals surface area (Å²) in [6.07, 6.45) is 4.63. The zero-order valence-electron chi connectivity index (χ0n) is 9.35. The molecule has 1 rings (SSSR count). The fourth-order valence-corrected chi connectivity index (χ4v) is 1.41. The first kappa shape index (κ1) is 12.6. The lowest BCUT2D eigenvalue weighted by atomic mass is 10.2. The van der Waals surface area contributed by atoms with Gasteiger partial charge in [0.25, 0.3) is 0 Å². The Kier molecular flexibility index (Phi) is 6.18. The number of aromatic nitrogens is 1. The first-order valence-electron chi connectivity index (χ1n) is 5.61. The van der Waals surface area contributed by atoms with E-state index in [1.54, 1.807) is 6.20 Å². The second kappa shape index (κ2) is 7.82. The van der Waals surface area contributed by atoms with Crippen molar-refractivity contribution in [1.82, 2.24) is 10.3 Å². The summed E-state index contributed by atoms with van der Waals surface area (Å²) in [5.41, 5.74) is 1.08. The SMILES string of the molecule is O=C(O)CCCCNCCc1ccccn1. The third kappa shape index (κ3) is 6.14. The monoisotopic (exact) mass is 222 g/mol. The van der Waals surface area contributed by atoms with Gasteiger partial charge in [-0.05, 0) is 31.5 Å². The first-order chi connectivity index (χ1) is 7.79. The molecule has 0 aliphatic heterocycles. The van der Waals surface area contributed by atoms with Gasteiger partial charge in [0.2, 0.25) is 0 Å². The first-order valence-corrected chi connectivity index (χ1v) is 5.61. The Morgan fingerprint density at radius 1 is 1.31 bits per heavy atom. The fourth-order valence-electron chi connectivity index (χ4n) is 1.41. The van der Waals surface area contributed by atoms with Crippen molar-refractivity contribution >= 4 is 5.97 Å². The number of carboxylic acids is 1. The Morgan fingerprint density at radius 2 is 2.19 bits per heavy atom. The Morgan fingerprint density at radius 3 is 2.88 bits per heavy atom. The Hall–Kier alpha value is -1.42. The van der Waals surface area contributed by atoms with Crippen LogP contribution in [0.15, 0.2) is 24.4 Å². The van der Waals surface area contributed by atoms with Gasteiger partial charge in [-0.1, -0.05) is 6.07 Å². The van der Waals surface area contributed by atoms with Crippen LogP contribution in [0, 0.1) is 0 Å². The standard InChI is InChI=1S/C12H18N2O2/c15-12(16)6-2-3-8-13-10-7-11-5-1-4-9-14-11/h1,4-5,9,13H,2-3,6-8,10H2,(H,15,16). The predicted molar refractivity (Wildman–Crippen MR) is 62.3 cm³/mol. The molecule has 0 spiro atoms. The van der Waals surface area contributed by atoms with Crippen molar-refractivity contribution in [2.75, 3.05) is 13.1 Å². The van der Waals surface area contributed by atoms with Gasteiger partial charge in [0, 0.05) is 31.3 Å². The number of aliphatic carboxylic acids is 1. The number of rotatable bonds is 8. The van der Waals surface area contributed by atoms with Crippen LogP contribution in [0.25, 0.3) is 0 Å². The molecule has 0 amide bonds. The van der Waals surface area contributed by atoms with E-state index >= 15 is 0 Å². The van der Waals surface area contributed by atoms with Crippen LogP contribution in [0.4, 0.5) is 0 Å². The van der Waals surface area contributed by atoms with Gasteiger partial charge >= 0.3 is 5.97 Å². The molecular formula is C12H18N2O2. The molecule has 0 aliphatic carbocycles. The number of hydrogen-bond donors (Lipinski definition) is 2. The fraction of sp³-hybridized carbons (Fsp3) is 0.500. The molecule has 0 aromatic carbocycles. The molecule has 4 heteroatoms. The van der Waals surface area contributed by atoms with Gasteiger partial charge in [-0.2, -0.15) is 0 Å². The van der Waals surface area contributed by atoms with Crippen LogP contribution in [-0.4, -0.2) is 29.1 Å². The van der Waals surface area contributed by atoms with Crippen LogP contribution >= 0.6 is 0 Å². The van der Waals surface area contributed by atoms with Gasteiger partial charge in [-0.25, -0.2) is 0 Å². The van der Waals surface area contributed by atoms with E-state index in [-0.39, 0.29) is 6.42 Å². The summed E-state index contributed by atoms with van der Waals surface area (Å²) < 4.78 is 0. The summed E-state index contributed by atoms with van der Waals surface area (Å²) in [6, 6.07) is 5.89. The highest BCUT2D eigenvalue weighted by atomic mass is 16.4. The van der Waals surface area contributed by atoms with E-state index in [0.717, 1.165) is 38.0 Å². The Bertz CT molecular complexity index is 301. The lowest BCUT2D eigenvalue weighted by Gasteiger charge is -2.03. The maximum absolute atomic E-state index is 10.2. The second-order valence-electron chi connectivity index (χ2n) is 3.67. The van der Waals surface area contributed by atoms with E-state index in [1.807, 2.05) is 18.2 Å². The highest BCUT2D eigenvalue weighted by molar-refractivity contribution is 5.66. The summed E-state index contributed by atoms with van der Waals surface area (Å²) in [5.74, 6) is -0.714. The molecule has 1 aromatic rings. The molecule has 0 saturated carbocycles. The summed E-state index contributed by atoms with van der Waals surface area (Å²) in [7, 11) is 0. The molecule has 0 atom stereocenters. The summed E-state index contributed by atoms with van der Waals surface area (Å²) in [5, 5.41) is 11.7. The minimum absolute atomic E-state index is 0.266. The van der Waals surface area contributed by atoms with E-state index in [9.17, 15) is 4.79 Å². The minimum Gasteiger partial charge on any atom is -0.481 e. The molecule has 1 aromatic heterocycles. The normalized spacial score (nSPS) is 10.2. The number of carbonyl (C=O) groups is 1. The largest absolute Gasteiger partial charge is 0.481 e. The van der Waals surface area contributed by atoms with Crippen molar-refractivity contribution in [2.45, 2.75) is 25.7 Å². The van der Waals surface area contributed by atoms with Crippen molar-refractivity contribution in [3.05, 3.63) is 30.1 Å². The molecule has 4 nitrogen and oxygen atoms in total. The van der Waals surface area contributed by atoms with Crippen LogP contribution in [0.2, 0.25) is 0 Å². The quantitative estimate of drug-likeness (QED) is 0.654. The molecule has 0 aliphatic rings. The number of hydrogen-bond acceptors (Lipinski definition) is 3. The highest BCUT2D eigenvalue weighted by Crippen LogP contribution is 1.95. The zero-order valence-corrected chi connectivity index (χ0v) is 9.35. The Balaban J connectivity index is 1.94. The van der Waals surface area contributed by atoms with E-state index in [0.29, 0.717) is 0 Å². The van der Waals surface area contributed by atoms with Gasteiger partial charge in [0.15, 0.2) is 0 Å². The second-order valence-corrected chi connectivity index (χ2v) is 3.67. The van der Waals surface area contributed by atoms with E-state index in [4.69, 9.17) is 5.11 Å². The van der Waals surface area contributed by atoms with Gasteiger partial charge in [-0.15, -0.1) is 0 Å². The average Bonchev–Trinajstić information content (AvgIpc) is 2.29.